The summed E-state index contributed by atoms with van der Waals surface area (Å²) in [5, 5.41) is 5.93. The first-order valence-corrected chi connectivity index (χ1v) is 16.9. The van der Waals surface area contributed by atoms with Crippen molar-refractivity contribution in [3.8, 4) is 0 Å². The van der Waals surface area contributed by atoms with Crippen LogP contribution in [0.4, 0.5) is 0 Å². The summed E-state index contributed by atoms with van der Waals surface area (Å²) in [7, 11) is 0. The van der Waals surface area contributed by atoms with Crippen LogP contribution in [0.15, 0.2) is 36.4 Å². The maximum Gasteiger partial charge on any atom is 4.00 e. The first-order valence-electron chi connectivity index (χ1n) is 16.9. The van der Waals surface area contributed by atoms with E-state index in [1.807, 2.05) is 0 Å². The van der Waals surface area contributed by atoms with Crippen LogP contribution < -0.4 is 0 Å². The van der Waals surface area contributed by atoms with Crippen LogP contribution in [0.1, 0.15) is 163 Å². The molecule has 234 valence electrons. The zero-order chi connectivity index (χ0) is 31.7. The number of hydrogen-bond acceptors (Lipinski definition) is 0. The van der Waals surface area contributed by atoms with Crippen molar-refractivity contribution < 1.29 is 26.2 Å². The van der Waals surface area contributed by atoms with E-state index >= 15 is 0 Å². The van der Waals surface area contributed by atoms with Gasteiger partial charge in [0.05, 0.1) is 0 Å². The number of benzene rings is 2. The average Bonchev–Trinajstić information content (AvgIpc) is 3.44. The van der Waals surface area contributed by atoms with Crippen molar-refractivity contribution in [1.82, 2.24) is 0 Å². The molecule has 0 amide bonds. The molecule has 4 aromatic carbocycles. The fraction of sp³-hybridized carbons (Fsp3) is 0.524. The van der Waals surface area contributed by atoms with Gasteiger partial charge < -0.3 is 13.8 Å². The quantitative estimate of drug-likeness (QED) is 0.157. The van der Waals surface area contributed by atoms with E-state index in [9.17, 15) is 0 Å². The van der Waals surface area contributed by atoms with Crippen molar-refractivity contribution in [1.29, 1.82) is 0 Å². The molecule has 1 heteroatoms. The molecule has 0 atom stereocenters. The van der Waals surface area contributed by atoms with Gasteiger partial charge in [-0.1, -0.05) is 143 Å². The Kier molecular flexibility index (Phi) is 17.0. The molecule has 0 spiro atoms. The minimum absolute atomic E-state index is 0. The van der Waals surface area contributed by atoms with E-state index in [4.69, 9.17) is 0 Å². The zero-order valence-corrected chi connectivity index (χ0v) is 32.4. The molecule has 0 aliphatic carbocycles. The van der Waals surface area contributed by atoms with Crippen LogP contribution in [0.5, 0.6) is 0 Å². The first kappa shape index (κ1) is 39.6. The van der Waals surface area contributed by atoms with E-state index in [1.54, 1.807) is 11.1 Å². The van der Waals surface area contributed by atoms with Gasteiger partial charge >= 0.3 is 26.2 Å². The molecule has 0 radical (unpaired) electrons. The Bertz CT molecular complexity index is 1270. The zero-order valence-electron chi connectivity index (χ0n) is 29.9. The van der Waals surface area contributed by atoms with Gasteiger partial charge in [-0.2, -0.15) is 24.0 Å². The van der Waals surface area contributed by atoms with Gasteiger partial charge in [0.1, 0.15) is 0 Å². The van der Waals surface area contributed by atoms with Gasteiger partial charge in [-0.3, -0.25) is 0 Å². The van der Waals surface area contributed by atoms with Crippen LogP contribution in [0.2, 0.25) is 0 Å². The molecule has 0 aliphatic rings. The molecule has 0 nitrogen and oxygen atoms in total. The van der Waals surface area contributed by atoms with Crippen molar-refractivity contribution in [3.63, 3.8) is 0 Å². The second kappa shape index (κ2) is 18.5. The van der Waals surface area contributed by atoms with E-state index in [1.165, 1.54) is 67.8 Å². The number of hydrogen-bond donors (Lipinski definition) is 0. The van der Waals surface area contributed by atoms with E-state index in [0.717, 1.165) is 25.7 Å². The third-order valence-corrected chi connectivity index (χ3v) is 8.65. The van der Waals surface area contributed by atoms with Crippen molar-refractivity contribution >= 4 is 21.5 Å². The molecule has 0 saturated heterocycles. The number of aryl methyl sites for hydroxylation is 4. The molecule has 0 aromatic heterocycles. The minimum Gasteiger partial charge on any atom is -0.343 e. The molecule has 4 aromatic rings. The maximum atomic E-state index is 3.60. The van der Waals surface area contributed by atoms with Gasteiger partial charge in [0, 0.05) is 0 Å². The summed E-state index contributed by atoms with van der Waals surface area (Å²) in [6.07, 6.45) is 6.78. The molecule has 43 heavy (non-hydrogen) atoms. The summed E-state index contributed by atoms with van der Waals surface area (Å²) in [6.45, 7) is 34.7. The molecule has 0 aliphatic heterocycles. The largest absolute Gasteiger partial charge is 4.00 e. The summed E-state index contributed by atoms with van der Waals surface area (Å²) in [6, 6.07) is 14.7. The Hall–Kier alpha value is -1.46. The molecule has 0 bridgehead atoms. The summed E-state index contributed by atoms with van der Waals surface area (Å²) in [5.74, 6) is 2.18. The Balaban J connectivity index is 0.000000917. The monoisotopic (exact) mass is 656 g/mol. The third kappa shape index (κ3) is 10.0. The Morgan fingerprint density at radius 1 is 0.558 bits per heavy atom. The van der Waals surface area contributed by atoms with Crippen molar-refractivity contribution in [2.24, 2.45) is 0 Å². The van der Waals surface area contributed by atoms with Gasteiger partial charge in [0.2, 0.25) is 0 Å². The van der Waals surface area contributed by atoms with Crippen LogP contribution >= 0.6 is 0 Å². The van der Waals surface area contributed by atoms with Gasteiger partial charge in [0.15, 0.2) is 0 Å². The Morgan fingerprint density at radius 3 is 1.09 bits per heavy atom. The van der Waals surface area contributed by atoms with Crippen molar-refractivity contribution in [2.75, 3.05) is 0 Å². The first-order chi connectivity index (χ1) is 19.8. The molecular weight excluding hydrogens is 596 g/mol. The van der Waals surface area contributed by atoms with E-state index in [2.05, 4.69) is 133 Å². The van der Waals surface area contributed by atoms with Gasteiger partial charge in [-0.25, -0.2) is 0 Å². The van der Waals surface area contributed by atoms with E-state index in [-0.39, 0.29) is 26.2 Å². The summed E-state index contributed by atoms with van der Waals surface area (Å²) in [4.78, 5) is 0. The number of rotatable bonds is 9. The fourth-order valence-corrected chi connectivity index (χ4v) is 5.85. The van der Waals surface area contributed by atoms with Gasteiger partial charge in [-0.05, 0) is 23.7 Å². The Morgan fingerprint density at radius 2 is 0.860 bits per heavy atom. The van der Waals surface area contributed by atoms with Crippen LogP contribution in [0, 0.1) is 27.7 Å². The topological polar surface area (TPSA) is 0 Å². The van der Waals surface area contributed by atoms with Crippen LogP contribution in [-0.2, 0) is 39.0 Å². The van der Waals surface area contributed by atoms with E-state index < -0.39 is 0 Å². The smallest absolute Gasteiger partial charge is 0.343 e. The van der Waals surface area contributed by atoms with Crippen molar-refractivity contribution in [3.05, 3.63) is 94.8 Å². The number of unbranched alkanes of at least 4 members (excludes halogenated alkanes) is 2. The molecule has 0 fully saturated rings. The second-order valence-electron chi connectivity index (χ2n) is 13.6. The average molecular weight is 658 g/mol. The van der Waals surface area contributed by atoms with Crippen LogP contribution in [-0.4, -0.2) is 0 Å². The Labute approximate surface area is 286 Å². The third-order valence-electron chi connectivity index (χ3n) is 8.65. The molecule has 0 heterocycles. The van der Waals surface area contributed by atoms with Crippen molar-refractivity contribution in [2.45, 2.75) is 145 Å². The SMILES string of the molecule is Cc1[cH-]c2cc(C(C)C)cc(C(C)C)c2c1CCc1c(C)[cH-]c2cc(C(C)C)cc(C(C)C)c12.[CH2-]CCC.[CH2-]CCC.[Zr+4]. The summed E-state index contributed by atoms with van der Waals surface area (Å²) < 4.78 is 0. The summed E-state index contributed by atoms with van der Waals surface area (Å²) >= 11 is 0. The molecule has 0 unspecified atom stereocenters. The molecule has 0 N–H and O–H groups in total. The minimum atomic E-state index is 0. The van der Waals surface area contributed by atoms with Gasteiger partial charge in [-0.15, -0.1) is 56.9 Å². The maximum absolute atomic E-state index is 3.60. The number of fused-ring (bicyclic) bond motifs is 2. The van der Waals surface area contributed by atoms with Gasteiger partial charge in [0.25, 0.3) is 0 Å². The standard InChI is InChI=1S/C34H44.2C4H9.Zr/c1-19(2)25-15-27-13-23(9)29(33(27)31(17-25)21(5)6)11-12-30-24(10)14-28-16-26(20(3)4)18-32(22(7)8)34(28)30;2*1-3-4-2;/h13-22H,11-12H2,1-10H3;2*1,3-4H2,2H3;/q-2;2*-1;+4. The second-order valence-corrected chi connectivity index (χ2v) is 13.6. The fourth-order valence-electron chi connectivity index (χ4n) is 5.85. The summed E-state index contributed by atoms with van der Waals surface area (Å²) in [5.41, 5.74) is 12.0. The predicted octanol–water partition coefficient (Wildman–Crippen LogP) is 13.6. The molecule has 4 rings (SSSR count). The molecular formula is C42H62Zr. The van der Waals surface area contributed by atoms with E-state index in [0.29, 0.717) is 23.7 Å². The normalized spacial score (nSPS) is 11.3. The predicted molar refractivity (Wildman–Crippen MR) is 193 cm³/mol. The molecule has 0 saturated carbocycles. The van der Waals surface area contributed by atoms with Crippen LogP contribution in [0.25, 0.3) is 21.5 Å². The van der Waals surface area contributed by atoms with Crippen LogP contribution in [0.3, 0.4) is 0 Å².